The van der Waals surface area contributed by atoms with Gasteiger partial charge < -0.3 is 23.8 Å². The van der Waals surface area contributed by atoms with E-state index in [9.17, 15) is 9.59 Å². The minimum absolute atomic E-state index is 0.0105. The highest BCUT2D eigenvalue weighted by molar-refractivity contribution is 5.67. The average molecular weight is 553 g/mol. The average Bonchev–Trinajstić information content (AvgIpc) is 2.96. The van der Waals surface area contributed by atoms with E-state index < -0.39 is 12.3 Å². The van der Waals surface area contributed by atoms with Crippen LogP contribution in [-0.2, 0) is 36.9 Å². The molecule has 10 heteroatoms. The predicted molar refractivity (Wildman–Crippen MR) is 150 cm³/mol. The van der Waals surface area contributed by atoms with Crippen molar-refractivity contribution in [2.45, 2.75) is 71.6 Å². The fourth-order valence-electron chi connectivity index (χ4n) is 4.65. The second-order valence-electron chi connectivity index (χ2n) is 10.1. The molecule has 0 aliphatic carbocycles. The summed E-state index contributed by atoms with van der Waals surface area (Å²) in [7, 11) is 0. The van der Waals surface area contributed by atoms with Gasteiger partial charge in [-0.3, -0.25) is 4.79 Å². The van der Waals surface area contributed by atoms with Gasteiger partial charge in [-0.1, -0.05) is 79.6 Å². The van der Waals surface area contributed by atoms with Gasteiger partial charge in [0.2, 0.25) is 0 Å². The van der Waals surface area contributed by atoms with Crippen LogP contribution in [0.25, 0.3) is 10.4 Å². The molecular weight excluding hydrogens is 512 g/mol. The lowest BCUT2D eigenvalue weighted by Crippen LogP contribution is -2.51. The molecule has 3 rings (SSSR count). The van der Waals surface area contributed by atoms with Crippen molar-refractivity contribution in [2.24, 2.45) is 17.0 Å². The first-order valence-corrected chi connectivity index (χ1v) is 13.8. The smallest absolute Gasteiger partial charge is 0.410 e. The summed E-state index contributed by atoms with van der Waals surface area (Å²) in [5, 5.41) is 3.93. The van der Waals surface area contributed by atoms with Crippen LogP contribution in [0.3, 0.4) is 0 Å². The quantitative estimate of drug-likeness (QED) is 0.0897. The number of carbonyl (C=O) groups excluding carboxylic acids is 2. The minimum Gasteiger partial charge on any atom is -0.463 e. The molecule has 0 saturated carbocycles. The number of amides is 1. The van der Waals surface area contributed by atoms with Crippen molar-refractivity contribution in [2.75, 3.05) is 19.8 Å². The molecule has 0 radical (unpaired) electrons. The van der Waals surface area contributed by atoms with Crippen molar-refractivity contribution in [3.05, 3.63) is 82.2 Å². The van der Waals surface area contributed by atoms with Gasteiger partial charge >= 0.3 is 12.1 Å². The summed E-state index contributed by atoms with van der Waals surface area (Å²) in [6.45, 7) is 7.10. The van der Waals surface area contributed by atoms with Gasteiger partial charge in [-0.25, -0.2) is 4.79 Å². The van der Waals surface area contributed by atoms with Crippen LogP contribution in [0.1, 0.15) is 51.2 Å². The van der Waals surface area contributed by atoms with Gasteiger partial charge in [0.05, 0.1) is 12.1 Å². The Hall–Kier alpha value is -3.59. The third-order valence-corrected chi connectivity index (χ3v) is 7.21. The van der Waals surface area contributed by atoms with E-state index >= 15 is 0 Å². The molecule has 1 aliphatic rings. The third kappa shape index (κ3) is 9.86. The van der Waals surface area contributed by atoms with Gasteiger partial charge in [0, 0.05) is 31.5 Å². The highest BCUT2D eigenvalue weighted by atomic mass is 16.7. The Labute approximate surface area is 236 Å². The van der Waals surface area contributed by atoms with E-state index in [2.05, 4.69) is 10.0 Å². The van der Waals surface area contributed by atoms with Gasteiger partial charge in [-0.15, -0.1) is 0 Å². The predicted octanol–water partition coefficient (Wildman–Crippen LogP) is 6.25. The maximum absolute atomic E-state index is 12.9. The number of unbranched alkanes of at least 4 members (excludes halogenated alkanes) is 2. The fourth-order valence-corrected chi connectivity index (χ4v) is 4.65. The van der Waals surface area contributed by atoms with E-state index in [0.29, 0.717) is 19.7 Å². The Morgan fingerprint density at radius 1 is 0.950 bits per heavy atom. The highest BCUT2D eigenvalue weighted by Gasteiger charge is 2.42. The topological polar surface area (TPSA) is 123 Å². The second-order valence-corrected chi connectivity index (χ2v) is 10.1. The van der Waals surface area contributed by atoms with Gasteiger partial charge in [-0.2, -0.15) is 0 Å². The van der Waals surface area contributed by atoms with Crippen molar-refractivity contribution in [3.63, 3.8) is 0 Å². The highest BCUT2D eigenvalue weighted by Crippen LogP contribution is 2.33. The van der Waals surface area contributed by atoms with Gasteiger partial charge in [-0.05, 0) is 47.8 Å². The van der Waals surface area contributed by atoms with Crippen molar-refractivity contribution in [1.82, 2.24) is 4.90 Å². The van der Waals surface area contributed by atoms with Gasteiger partial charge in [0.25, 0.3) is 0 Å². The van der Waals surface area contributed by atoms with Gasteiger partial charge in [0.15, 0.2) is 6.29 Å². The molecule has 1 fully saturated rings. The van der Waals surface area contributed by atoms with Crippen LogP contribution < -0.4 is 0 Å². The molecule has 1 saturated heterocycles. The number of ether oxygens (including phenoxy) is 4. The number of nitrogens with zero attached hydrogens (tertiary/aromatic N) is 4. The van der Waals surface area contributed by atoms with E-state index in [-0.39, 0.29) is 43.2 Å². The Kier molecular flexibility index (Phi) is 12.8. The minimum atomic E-state index is -0.717. The number of rotatable bonds is 14. The maximum Gasteiger partial charge on any atom is 0.410 e. The van der Waals surface area contributed by atoms with Gasteiger partial charge in [0.1, 0.15) is 13.2 Å². The van der Waals surface area contributed by atoms with Crippen LogP contribution in [0.2, 0.25) is 0 Å². The molecule has 2 aromatic carbocycles. The van der Waals surface area contributed by atoms with Crippen LogP contribution in [-0.4, -0.2) is 55.2 Å². The molecular formula is C30H40N4O6. The zero-order valence-electron chi connectivity index (χ0n) is 23.6. The molecule has 2 aromatic rings. The molecule has 10 nitrogen and oxygen atoms in total. The summed E-state index contributed by atoms with van der Waals surface area (Å²) in [6.07, 6.45) is 0.912. The number of esters is 1. The number of hydrogen-bond acceptors (Lipinski definition) is 7. The second kappa shape index (κ2) is 16.5. The zero-order valence-corrected chi connectivity index (χ0v) is 23.6. The molecule has 5 atom stereocenters. The van der Waals surface area contributed by atoms with E-state index in [1.54, 1.807) is 4.90 Å². The molecule has 0 spiro atoms. The van der Waals surface area contributed by atoms with Crippen molar-refractivity contribution in [1.29, 1.82) is 0 Å². The lowest BCUT2D eigenvalue weighted by molar-refractivity contribution is -0.239. The molecule has 40 heavy (non-hydrogen) atoms. The number of hydrogen-bond donors (Lipinski definition) is 0. The molecule has 1 aliphatic heterocycles. The van der Waals surface area contributed by atoms with Crippen molar-refractivity contribution < 1.29 is 28.5 Å². The van der Waals surface area contributed by atoms with Crippen molar-refractivity contribution >= 4 is 12.1 Å². The molecule has 0 bridgehead atoms. The number of azide groups is 1. The first-order valence-electron chi connectivity index (χ1n) is 13.8. The molecule has 216 valence electrons. The molecule has 1 heterocycles. The summed E-state index contributed by atoms with van der Waals surface area (Å²) in [4.78, 5) is 28.9. The van der Waals surface area contributed by atoms with E-state index in [4.69, 9.17) is 24.5 Å². The summed E-state index contributed by atoms with van der Waals surface area (Å²) < 4.78 is 22.8. The Morgan fingerprint density at radius 2 is 1.62 bits per heavy atom. The van der Waals surface area contributed by atoms with E-state index in [0.717, 1.165) is 30.4 Å². The lowest BCUT2D eigenvalue weighted by atomic mass is 9.82. The SMILES string of the molecule is CC(=O)OCC1O[C@H](OCCCCCN(Cc2ccccc2)C(=O)OCc2ccccc2)C(N=[N+]=[N-])[C@@H](C)[C@@H]1C. The standard InChI is InChI=1S/C30H40N4O6/c1-22-23(2)28(32-33-31)29(40-27(22)21-38-24(3)35)37-18-12-6-11-17-34(19-25-13-7-4-8-14-25)30(36)39-20-26-15-9-5-10-16-26/h4-5,7-10,13-16,22-23,27-29H,6,11-12,17-21H2,1-3H3/t22-,23-,27?,28?,29-/m0/s1. The first-order chi connectivity index (χ1) is 19.4. The fraction of sp³-hybridized carbons (Fsp3) is 0.533. The Morgan fingerprint density at radius 3 is 2.27 bits per heavy atom. The molecule has 0 N–H and O–H groups in total. The number of benzene rings is 2. The third-order valence-electron chi connectivity index (χ3n) is 7.21. The summed E-state index contributed by atoms with van der Waals surface area (Å²) in [5.41, 5.74) is 11.0. The van der Waals surface area contributed by atoms with Crippen LogP contribution >= 0.6 is 0 Å². The monoisotopic (exact) mass is 552 g/mol. The lowest BCUT2D eigenvalue weighted by Gasteiger charge is -2.42. The summed E-state index contributed by atoms with van der Waals surface area (Å²) in [6, 6.07) is 19.0. The van der Waals surface area contributed by atoms with E-state index in [1.165, 1.54) is 6.92 Å². The summed E-state index contributed by atoms with van der Waals surface area (Å²) in [5.74, 6) is -0.362. The van der Waals surface area contributed by atoms with Crippen LogP contribution in [0.5, 0.6) is 0 Å². The zero-order chi connectivity index (χ0) is 28.7. The maximum atomic E-state index is 12.9. The van der Waals surface area contributed by atoms with Crippen molar-refractivity contribution in [3.8, 4) is 0 Å². The molecule has 1 amide bonds. The first kappa shape index (κ1) is 30.9. The van der Waals surface area contributed by atoms with Crippen LogP contribution in [0.15, 0.2) is 65.8 Å². The molecule has 0 aromatic heterocycles. The van der Waals surface area contributed by atoms with E-state index in [1.807, 2.05) is 74.5 Å². The largest absolute Gasteiger partial charge is 0.463 e. The molecule has 2 unspecified atom stereocenters. The van der Waals surface area contributed by atoms with Crippen LogP contribution in [0, 0.1) is 11.8 Å². The number of carbonyl (C=O) groups is 2. The Bertz CT molecular complexity index is 1100. The Balaban J connectivity index is 1.48. The normalized spacial score (nSPS) is 22.1. The summed E-state index contributed by atoms with van der Waals surface area (Å²) >= 11 is 0. The van der Waals surface area contributed by atoms with Crippen LogP contribution in [0.4, 0.5) is 4.79 Å².